The van der Waals surface area contributed by atoms with E-state index in [0.717, 1.165) is 33.9 Å². The highest BCUT2D eigenvalue weighted by molar-refractivity contribution is 5.95. The summed E-state index contributed by atoms with van der Waals surface area (Å²) in [7, 11) is 0. The van der Waals surface area contributed by atoms with Gasteiger partial charge in [0.05, 0.1) is 5.56 Å². The van der Waals surface area contributed by atoms with Crippen molar-refractivity contribution < 1.29 is 23.8 Å². The number of rotatable bonds is 10. The first-order valence-electron chi connectivity index (χ1n) is 11.9. The Hall–Kier alpha value is -4.84. The molecule has 0 aliphatic rings. The molecule has 1 aromatic heterocycles. The number of ether oxygens (including phenoxy) is 3. The lowest BCUT2D eigenvalue weighted by molar-refractivity contribution is 0.0467. The van der Waals surface area contributed by atoms with Crippen molar-refractivity contribution in [3.05, 3.63) is 131 Å². The summed E-state index contributed by atoms with van der Waals surface area (Å²) >= 11 is 0. The van der Waals surface area contributed by atoms with Gasteiger partial charge in [0.2, 0.25) is 0 Å². The highest BCUT2D eigenvalue weighted by Crippen LogP contribution is 2.24. The van der Waals surface area contributed by atoms with Gasteiger partial charge < -0.3 is 19.2 Å². The molecule has 6 nitrogen and oxygen atoms in total. The minimum atomic E-state index is -0.410. The van der Waals surface area contributed by atoms with E-state index in [0.29, 0.717) is 36.0 Å². The lowest BCUT2D eigenvalue weighted by Crippen LogP contribution is -2.05. The number of carbonyl (C=O) groups excluding carboxylic acids is 2. The number of aromatic amines is 1. The Kier molecular flexibility index (Phi) is 7.27. The number of aromatic nitrogens is 1. The third kappa shape index (κ3) is 5.87. The molecule has 37 heavy (non-hydrogen) atoms. The average molecular weight is 492 g/mol. The van der Waals surface area contributed by atoms with Crippen molar-refractivity contribution in [2.45, 2.75) is 19.8 Å². The van der Waals surface area contributed by atoms with Gasteiger partial charge in [0.1, 0.15) is 37.0 Å². The van der Waals surface area contributed by atoms with Crippen molar-refractivity contribution in [3.63, 3.8) is 0 Å². The highest BCUT2D eigenvalue weighted by Gasteiger charge is 2.12. The van der Waals surface area contributed by atoms with Gasteiger partial charge in [-0.15, -0.1) is 0 Å². The van der Waals surface area contributed by atoms with E-state index in [1.165, 1.54) is 0 Å². The van der Waals surface area contributed by atoms with Gasteiger partial charge in [-0.2, -0.15) is 0 Å². The number of carbonyl (C=O) groups is 2. The van der Waals surface area contributed by atoms with Crippen LogP contribution < -0.4 is 9.47 Å². The number of benzene rings is 4. The Morgan fingerprint density at radius 1 is 0.730 bits per heavy atom. The third-order valence-corrected chi connectivity index (χ3v) is 5.97. The lowest BCUT2D eigenvalue weighted by atomic mass is 10.1. The fourth-order valence-electron chi connectivity index (χ4n) is 3.98. The van der Waals surface area contributed by atoms with Crippen LogP contribution in [0.5, 0.6) is 11.5 Å². The molecule has 184 valence electrons. The van der Waals surface area contributed by atoms with E-state index in [-0.39, 0.29) is 6.61 Å². The predicted molar refractivity (Wildman–Crippen MR) is 141 cm³/mol. The molecule has 6 heteroatoms. The number of H-pyrrole nitrogens is 1. The van der Waals surface area contributed by atoms with E-state index in [9.17, 15) is 9.59 Å². The molecule has 5 rings (SSSR count). The summed E-state index contributed by atoms with van der Waals surface area (Å²) in [6.45, 7) is 0.875. The molecule has 0 saturated heterocycles. The summed E-state index contributed by atoms with van der Waals surface area (Å²) in [4.78, 5) is 26.9. The highest BCUT2D eigenvalue weighted by atomic mass is 16.5. The van der Waals surface area contributed by atoms with Crippen LogP contribution in [-0.2, 0) is 24.6 Å². The first kappa shape index (κ1) is 23.9. The standard InChI is InChI=1S/C31H25NO5/c33-18-23-10-6-7-13-30(23)36-21-25-12-5-4-11-24(25)20-35-27-14-15-28-26(16-27)17-29(32-28)31(34)37-19-22-8-2-1-3-9-22/h1-18,32H,19-21H2. The molecule has 0 unspecified atom stereocenters. The Morgan fingerprint density at radius 2 is 1.43 bits per heavy atom. The summed E-state index contributed by atoms with van der Waals surface area (Å²) in [6.07, 6.45) is 0.788. The molecule has 0 fully saturated rings. The second-order valence-corrected chi connectivity index (χ2v) is 8.50. The summed E-state index contributed by atoms with van der Waals surface area (Å²) in [5.41, 5.74) is 4.60. The lowest BCUT2D eigenvalue weighted by Gasteiger charge is -2.13. The third-order valence-electron chi connectivity index (χ3n) is 5.97. The Morgan fingerprint density at radius 3 is 2.22 bits per heavy atom. The number of nitrogens with one attached hydrogen (secondary N) is 1. The molecule has 0 aliphatic carbocycles. The molecular formula is C31H25NO5. The smallest absolute Gasteiger partial charge is 0.355 e. The second kappa shape index (κ2) is 11.3. The number of para-hydroxylation sites is 1. The van der Waals surface area contributed by atoms with Crippen molar-refractivity contribution in [3.8, 4) is 11.5 Å². The van der Waals surface area contributed by atoms with Gasteiger partial charge in [-0.05, 0) is 53.1 Å². The maximum atomic E-state index is 12.5. The first-order valence-corrected chi connectivity index (χ1v) is 11.9. The largest absolute Gasteiger partial charge is 0.489 e. The monoisotopic (exact) mass is 491 g/mol. The van der Waals surface area contributed by atoms with E-state index >= 15 is 0 Å². The maximum absolute atomic E-state index is 12.5. The molecule has 1 N–H and O–H groups in total. The predicted octanol–water partition coefficient (Wildman–Crippen LogP) is 6.50. The van der Waals surface area contributed by atoms with E-state index in [4.69, 9.17) is 14.2 Å². The summed E-state index contributed by atoms with van der Waals surface area (Å²) in [5.74, 6) is 0.814. The van der Waals surface area contributed by atoms with E-state index in [1.807, 2.05) is 78.9 Å². The van der Waals surface area contributed by atoms with Gasteiger partial charge in [-0.25, -0.2) is 4.79 Å². The molecule has 0 amide bonds. The fourth-order valence-corrected chi connectivity index (χ4v) is 3.98. The summed E-state index contributed by atoms with van der Waals surface area (Å²) in [5, 5.41) is 0.853. The van der Waals surface area contributed by atoms with Gasteiger partial charge in [0, 0.05) is 10.9 Å². The zero-order valence-electron chi connectivity index (χ0n) is 20.1. The molecule has 5 aromatic rings. The van der Waals surface area contributed by atoms with Crippen LogP contribution in [0.2, 0.25) is 0 Å². The summed E-state index contributed by atoms with van der Waals surface area (Å²) < 4.78 is 17.4. The molecule has 4 aromatic carbocycles. The van der Waals surface area contributed by atoms with Crippen LogP contribution in [0.15, 0.2) is 103 Å². The van der Waals surface area contributed by atoms with Crippen LogP contribution in [0.4, 0.5) is 0 Å². The van der Waals surface area contributed by atoms with Crippen LogP contribution in [0.1, 0.15) is 37.5 Å². The van der Waals surface area contributed by atoms with Crippen molar-refractivity contribution in [1.82, 2.24) is 4.98 Å². The van der Waals surface area contributed by atoms with Crippen molar-refractivity contribution in [2.24, 2.45) is 0 Å². The Bertz CT molecular complexity index is 1520. The minimum absolute atomic E-state index is 0.216. The number of aldehydes is 1. The number of hydrogen-bond donors (Lipinski definition) is 1. The van der Waals surface area contributed by atoms with Crippen LogP contribution in [0.25, 0.3) is 10.9 Å². The van der Waals surface area contributed by atoms with Crippen LogP contribution in [-0.4, -0.2) is 17.2 Å². The summed E-state index contributed by atoms with van der Waals surface area (Å²) in [6, 6.07) is 32.0. The second-order valence-electron chi connectivity index (χ2n) is 8.50. The normalized spacial score (nSPS) is 10.7. The fraction of sp³-hybridized carbons (Fsp3) is 0.0968. The van der Waals surface area contributed by atoms with Gasteiger partial charge in [0.25, 0.3) is 0 Å². The molecule has 0 spiro atoms. The number of esters is 1. The van der Waals surface area contributed by atoms with E-state index in [1.54, 1.807) is 24.3 Å². The van der Waals surface area contributed by atoms with Gasteiger partial charge in [0.15, 0.2) is 6.29 Å². The number of fused-ring (bicyclic) bond motifs is 1. The Balaban J connectivity index is 1.23. The minimum Gasteiger partial charge on any atom is -0.489 e. The topological polar surface area (TPSA) is 77.6 Å². The van der Waals surface area contributed by atoms with Gasteiger partial charge in [-0.1, -0.05) is 66.7 Å². The molecule has 0 bridgehead atoms. The average Bonchev–Trinajstić information content (AvgIpc) is 3.38. The zero-order chi connectivity index (χ0) is 25.5. The first-order chi connectivity index (χ1) is 18.2. The van der Waals surface area contributed by atoms with Gasteiger partial charge in [-0.3, -0.25) is 4.79 Å². The molecule has 0 atom stereocenters. The van der Waals surface area contributed by atoms with Crippen LogP contribution in [0.3, 0.4) is 0 Å². The van der Waals surface area contributed by atoms with Crippen molar-refractivity contribution >= 4 is 23.2 Å². The quantitative estimate of drug-likeness (QED) is 0.178. The van der Waals surface area contributed by atoms with Crippen molar-refractivity contribution in [1.29, 1.82) is 0 Å². The van der Waals surface area contributed by atoms with E-state index in [2.05, 4.69) is 4.98 Å². The van der Waals surface area contributed by atoms with Crippen LogP contribution in [0, 0.1) is 0 Å². The SMILES string of the molecule is O=Cc1ccccc1OCc1ccccc1COc1ccc2[nH]c(C(=O)OCc3ccccc3)cc2c1. The van der Waals surface area contributed by atoms with Gasteiger partial charge >= 0.3 is 5.97 Å². The number of hydrogen-bond acceptors (Lipinski definition) is 5. The van der Waals surface area contributed by atoms with E-state index < -0.39 is 5.97 Å². The molecule has 0 aliphatic heterocycles. The molecule has 1 heterocycles. The van der Waals surface area contributed by atoms with Crippen molar-refractivity contribution in [2.75, 3.05) is 0 Å². The molecule has 0 radical (unpaired) electrons. The van der Waals surface area contributed by atoms with Crippen LogP contribution >= 0.6 is 0 Å². The molecular weight excluding hydrogens is 466 g/mol. The maximum Gasteiger partial charge on any atom is 0.355 e. The molecule has 0 saturated carbocycles. The Labute approximate surface area is 214 Å². The zero-order valence-corrected chi connectivity index (χ0v) is 20.1.